The molecule has 1 heterocycles. The van der Waals surface area contributed by atoms with E-state index in [1.807, 2.05) is 24.3 Å². The van der Waals surface area contributed by atoms with E-state index in [2.05, 4.69) is 10.3 Å². The van der Waals surface area contributed by atoms with Gasteiger partial charge in [-0.2, -0.15) is 0 Å². The van der Waals surface area contributed by atoms with E-state index in [4.69, 9.17) is 11.6 Å². The normalized spacial score (nSPS) is 10.2. The van der Waals surface area contributed by atoms with Crippen LogP contribution in [0.2, 0.25) is 5.02 Å². The first kappa shape index (κ1) is 13.3. The Kier molecular flexibility index (Phi) is 4.30. The molecule has 98 valence electrons. The third-order valence-corrected chi connectivity index (χ3v) is 2.85. The molecule has 0 spiro atoms. The van der Waals surface area contributed by atoms with Crippen LogP contribution >= 0.6 is 11.6 Å². The van der Waals surface area contributed by atoms with E-state index >= 15 is 0 Å². The van der Waals surface area contributed by atoms with Crippen LogP contribution in [0.3, 0.4) is 0 Å². The number of benzene rings is 1. The maximum Gasteiger partial charge on any atom is 0.386 e. The van der Waals surface area contributed by atoms with Gasteiger partial charge in [0.05, 0.1) is 0 Å². The zero-order valence-corrected chi connectivity index (χ0v) is 10.8. The van der Waals surface area contributed by atoms with E-state index in [1.165, 1.54) is 6.20 Å². The van der Waals surface area contributed by atoms with Crippen molar-refractivity contribution in [2.24, 2.45) is 0 Å². The average Bonchev–Trinajstić information content (AvgIpc) is 2.41. The Labute approximate surface area is 115 Å². The fourth-order valence-electron chi connectivity index (χ4n) is 1.67. The van der Waals surface area contributed by atoms with Crippen molar-refractivity contribution in [2.75, 3.05) is 11.9 Å². The van der Waals surface area contributed by atoms with Crippen LogP contribution < -0.4 is 5.32 Å². The van der Waals surface area contributed by atoms with E-state index in [1.54, 1.807) is 12.1 Å². The Hall–Kier alpha value is -2.14. The van der Waals surface area contributed by atoms with Crippen LogP contribution in [0.15, 0.2) is 42.6 Å². The molecular weight excluding hydrogens is 266 g/mol. The molecule has 1 aromatic heterocycles. The summed E-state index contributed by atoms with van der Waals surface area (Å²) in [5, 5.41) is 14.5. The predicted molar refractivity (Wildman–Crippen MR) is 74.5 cm³/mol. The highest BCUT2D eigenvalue weighted by molar-refractivity contribution is 6.30. The van der Waals surface area contributed by atoms with Crippen molar-refractivity contribution >= 4 is 23.1 Å². The molecule has 0 fully saturated rings. The molecule has 0 radical (unpaired) electrons. The fourth-order valence-corrected chi connectivity index (χ4v) is 1.80. The van der Waals surface area contributed by atoms with Crippen molar-refractivity contribution in [1.82, 2.24) is 4.98 Å². The molecule has 0 aliphatic carbocycles. The van der Waals surface area contributed by atoms with Gasteiger partial charge in [-0.05, 0) is 46.2 Å². The SMILES string of the molecule is O=[N+]([O-])c1ncccc1NCCc1ccc(Cl)cc1. The standard InChI is InChI=1S/C13H12ClN3O2/c14-11-5-3-10(4-6-11)7-9-15-12-2-1-8-16-13(12)17(18)19/h1-6,8,15H,7,9H2. The molecule has 0 amide bonds. The Morgan fingerprint density at radius 2 is 2.00 bits per heavy atom. The monoisotopic (exact) mass is 277 g/mol. The van der Waals surface area contributed by atoms with Gasteiger partial charge in [0, 0.05) is 11.6 Å². The number of hydrogen-bond acceptors (Lipinski definition) is 4. The minimum absolute atomic E-state index is 0.154. The molecule has 0 aliphatic rings. The molecule has 0 saturated heterocycles. The molecule has 1 N–H and O–H groups in total. The lowest BCUT2D eigenvalue weighted by atomic mass is 10.1. The van der Waals surface area contributed by atoms with Crippen LogP contribution in [0.5, 0.6) is 0 Å². The fraction of sp³-hybridized carbons (Fsp3) is 0.154. The van der Waals surface area contributed by atoms with E-state index in [9.17, 15) is 10.1 Å². The van der Waals surface area contributed by atoms with Crippen LogP contribution in [-0.4, -0.2) is 16.5 Å². The third-order valence-electron chi connectivity index (χ3n) is 2.60. The Morgan fingerprint density at radius 1 is 1.26 bits per heavy atom. The summed E-state index contributed by atoms with van der Waals surface area (Å²) in [6, 6.07) is 10.8. The smallest absolute Gasteiger partial charge is 0.378 e. The maximum atomic E-state index is 10.8. The number of hydrogen-bond donors (Lipinski definition) is 1. The number of anilines is 1. The zero-order chi connectivity index (χ0) is 13.7. The van der Waals surface area contributed by atoms with Gasteiger partial charge in [0.25, 0.3) is 0 Å². The van der Waals surface area contributed by atoms with E-state index in [0.29, 0.717) is 17.3 Å². The second kappa shape index (κ2) is 6.15. The number of nitrogens with zero attached hydrogens (tertiary/aromatic N) is 2. The number of rotatable bonds is 5. The molecular formula is C13H12ClN3O2. The molecule has 0 atom stereocenters. The van der Waals surface area contributed by atoms with Crippen molar-refractivity contribution in [3.63, 3.8) is 0 Å². The van der Waals surface area contributed by atoms with Gasteiger partial charge in [-0.25, -0.2) is 0 Å². The molecule has 0 saturated carbocycles. The van der Waals surface area contributed by atoms with Crippen LogP contribution in [0.4, 0.5) is 11.5 Å². The summed E-state index contributed by atoms with van der Waals surface area (Å²) in [4.78, 5) is 14.0. The molecule has 2 rings (SSSR count). The first-order valence-corrected chi connectivity index (χ1v) is 6.12. The highest BCUT2D eigenvalue weighted by Crippen LogP contribution is 2.20. The van der Waals surface area contributed by atoms with Crippen molar-refractivity contribution < 1.29 is 4.92 Å². The van der Waals surface area contributed by atoms with Gasteiger partial charge in [-0.15, -0.1) is 0 Å². The average molecular weight is 278 g/mol. The van der Waals surface area contributed by atoms with Crippen LogP contribution in [0.25, 0.3) is 0 Å². The van der Waals surface area contributed by atoms with Crippen LogP contribution in [0, 0.1) is 10.1 Å². The van der Waals surface area contributed by atoms with Gasteiger partial charge in [0.15, 0.2) is 0 Å². The number of halogens is 1. The molecule has 6 heteroatoms. The topological polar surface area (TPSA) is 68.1 Å². The number of aromatic nitrogens is 1. The largest absolute Gasteiger partial charge is 0.386 e. The van der Waals surface area contributed by atoms with Crippen molar-refractivity contribution in [2.45, 2.75) is 6.42 Å². The first-order valence-electron chi connectivity index (χ1n) is 5.74. The highest BCUT2D eigenvalue weighted by Gasteiger charge is 2.12. The summed E-state index contributed by atoms with van der Waals surface area (Å²) >= 11 is 5.80. The second-order valence-corrected chi connectivity index (χ2v) is 4.37. The number of pyridine rings is 1. The molecule has 0 unspecified atom stereocenters. The Morgan fingerprint density at radius 3 is 2.68 bits per heavy atom. The molecule has 0 bridgehead atoms. The third kappa shape index (κ3) is 3.66. The molecule has 0 aliphatic heterocycles. The summed E-state index contributed by atoms with van der Waals surface area (Å²) in [5.41, 5.74) is 1.55. The summed E-state index contributed by atoms with van der Waals surface area (Å²) in [5.74, 6) is -0.154. The number of nitro groups is 1. The summed E-state index contributed by atoms with van der Waals surface area (Å²) in [6.45, 7) is 0.591. The van der Waals surface area contributed by atoms with Gasteiger partial charge in [0.2, 0.25) is 0 Å². The van der Waals surface area contributed by atoms with E-state index in [0.717, 1.165) is 12.0 Å². The Bertz CT molecular complexity index is 572. The van der Waals surface area contributed by atoms with Gasteiger partial charge < -0.3 is 15.4 Å². The predicted octanol–water partition coefficient (Wildman–Crippen LogP) is 3.30. The number of nitrogens with one attached hydrogen (secondary N) is 1. The lowest BCUT2D eigenvalue weighted by Crippen LogP contribution is -2.07. The van der Waals surface area contributed by atoms with Crippen LogP contribution in [0.1, 0.15) is 5.56 Å². The second-order valence-electron chi connectivity index (χ2n) is 3.93. The summed E-state index contributed by atoms with van der Waals surface area (Å²) in [7, 11) is 0. The van der Waals surface area contributed by atoms with E-state index < -0.39 is 4.92 Å². The summed E-state index contributed by atoms with van der Waals surface area (Å²) in [6.07, 6.45) is 2.16. The minimum Gasteiger partial charge on any atom is -0.378 e. The van der Waals surface area contributed by atoms with Gasteiger partial charge in [-0.3, -0.25) is 0 Å². The van der Waals surface area contributed by atoms with Gasteiger partial charge >= 0.3 is 5.82 Å². The zero-order valence-electron chi connectivity index (χ0n) is 10.0. The first-order chi connectivity index (χ1) is 9.16. The molecule has 19 heavy (non-hydrogen) atoms. The van der Waals surface area contributed by atoms with Crippen LogP contribution in [-0.2, 0) is 6.42 Å². The molecule has 5 nitrogen and oxygen atoms in total. The minimum atomic E-state index is -0.495. The Balaban J connectivity index is 1.96. The van der Waals surface area contributed by atoms with Gasteiger partial charge in [0.1, 0.15) is 11.9 Å². The highest BCUT2D eigenvalue weighted by atomic mass is 35.5. The van der Waals surface area contributed by atoms with Crippen molar-refractivity contribution in [3.8, 4) is 0 Å². The van der Waals surface area contributed by atoms with Crippen molar-refractivity contribution in [3.05, 3.63) is 63.3 Å². The molecule has 1 aromatic carbocycles. The lowest BCUT2D eigenvalue weighted by molar-refractivity contribution is -0.388. The summed E-state index contributed by atoms with van der Waals surface area (Å²) < 4.78 is 0. The molecule has 2 aromatic rings. The lowest BCUT2D eigenvalue weighted by Gasteiger charge is -2.06. The quantitative estimate of drug-likeness (QED) is 0.672. The van der Waals surface area contributed by atoms with Gasteiger partial charge in [-0.1, -0.05) is 23.7 Å². The van der Waals surface area contributed by atoms with E-state index in [-0.39, 0.29) is 5.82 Å². The van der Waals surface area contributed by atoms with Crippen molar-refractivity contribution in [1.29, 1.82) is 0 Å². The maximum absolute atomic E-state index is 10.8.